The molecule has 0 aromatic carbocycles. The van der Waals surface area contributed by atoms with Gasteiger partial charge in [-0.3, -0.25) is 4.79 Å². The number of allylic oxidation sites excluding steroid dienone is 6. The van der Waals surface area contributed by atoms with E-state index in [9.17, 15) is 25.2 Å². The van der Waals surface area contributed by atoms with E-state index in [0.717, 1.165) is 19.3 Å². The summed E-state index contributed by atoms with van der Waals surface area (Å²) < 4.78 is 0. The summed E-state index contributed by atoms with van der Waals surface area (Å²) in [6, 6.07) is -0.737. The summed E-state index contributed by atoms with van der Waals surface area (Å²) in [4.78, 5) is 12.3. The van der Waals surface area contributed by atoms with E-state index in [1.165, 1.54) is 83.5 Å². The fraction of sp³-hybridized carbons (Fsp3) is 0.711. The molecule has 5 N–H and O–H groups in total. The maximum absolute atomic E-state index is 12.3. The lowest BCUT2D eigenvalue weighted by atomic mass is 10.0. The molecule has 0 aliphatic carbocycles. The molecule has 0 rings (SSSR count). The quantitative estimate of drug-likeness (QED) is 0.0317. The molecule has 0 saturated carbocycles. The molecule has 0 aromatic heterocycles. The fourth-order valence-electron chi connectivity index (χ4n) is 4.84. The number of aliphatic hydroxyl groups is 4. The zero-order valence-corrected chi connectivity index (χ0v) is 28.1. The number of unbranched alkanes of at least 4 members (excludes halogenated alkanes) is 14. The molecule has 0 heterocycles. The van der Waals surface area contributed by atoms with Gasteiger partial charge in [-0.05, 0) is 44.9 Å². The average Bonchev–Trinajstić information content (AvgIpc) is 3.01. The van der Waals surface area contributed by atoms with Crippen molar-refractivity contribution in [2.45, 2.75) is 167 Å². The molecule has 44 heavy (non-hydrogen) atoms. The Kier molecular flexibility index (Phi) is 30.9. The van der Waals surface area contributed by atoms with Gasteiger partial charge >= 0.3 is 0 Å². The summed E-state index contributed by atoms with van der Waals surface area (Å²) in [6.45, 7) is 4.10. The van der Waals surface area contributed by atoms with Gasteiger partial charge in [-0.2, -0.15) is 0 Å². The first kappa shape index (κ1) is 42.0. The van der Waals surface area contributed by atoms with Crippen molar-refractivity contribution in [1.82, 2.24) is 5.32 Å². The van der Waals surface area contributed by atoms with Gasteiger partial charge in [-0.25, -0.2) is 0 Å². The van der Waals surface area contributed by atoms with Crippen LogP contribution in [-0.4, -0.2) is 57.3 Å². The van der Waals surface area contributed by atoms with Gasteiger partial charge in [0.2, 0.25) is 5.91 Å². The van der Waals surface area contributed by atoms with Gasteiger partial charge in [0.25, 0.3) is 0 Å². The molecule has 0 spiro atoms. The van der Waals surface area contributed by atoms with Crippen LogP contribution in [0.5, 0.6) is 0 Å². The van der Waals surface area contributed by atoms with Crippen molar-refractivity contribution in [1.29, 1.82) is 0 Å². The van der Waals surface area contributed by atoms with Crippen LogP contribution in [-0.2, 0) is 4.79 Å². The first-order valence-electron chi connectivity index (χ1n) is 17.7. The van der Waals surface area contributed by atoms with E-state index < -0.39 is 24.4 Å². The third-order valence-electron chi connectivity index (χ3n) is 7.69. The van der Waals surface area contributed by atoms with Crippen LogP contribution in [0.4, 0.5) is 0 Å². The van der Waals surface area contributed by atoms with Crippen molar-refractivity contribution in [2.24, 2.45) is 0 Å². The number of carbonyl (C=O) groups is 1. The summed E-state index contributed by atoms with van der Waals surface area (Å²) >= 11 is 0. The number of nitrogens with one attached hydrogen (secondary N) is 1. The Morgan fingerprint density at radius 3 is 1.75 bits per heavy atom. The zero-order chi connectivity index (χ0) is 32.5. The van der Waals surface area contributed by atoms with Crippen molar-refractivity contribution in [2.75, 3.05) is 6.61 Å². The van der Waals surface area contributed by atoms with Crippen molar-refractivity contribution in [3.63, 3.8) is 0 Å². The highest BCUT2D eigenvalue weighted by molar-refractivity contribution is 5.76. The maximum Gasteiger partial charge on any atom is 0.220 e. The molecule has 0 bridgehead atoms. The molecule has 6 nitrogen and oxygen atoms in total. The monoisotopic (exact) mass is 618 g/mol. The van der Waals surface area contributed by atoms with Crippen molar-refractivity contribution in [3.05, 3.63) is 60.8 Å². The molecule has 0 saturated heterocycles. The lowest BCUT2D eigenvalue weighted by Gasteiger charge is -2.20. The number of carbonyl (C=O) groups excluding carboxylic acids is 1. The number of rotatable bonds is 30. The normalized spacial score (nSPS) is 15.3. The second-order valence-electron chi connectivity index (χ2n) is 12.0. The highest BCUT2D eigenvalue weighted by atomic mass is 16.3. The maximum atomic E-state index is 12.3. The van der Waals surface area contributed by atoms with Gasteiger partial charge in [-0.1, -0.05) is 152 Å². The Labute approximate surface area is 270 Å². The Morgan fingerprint density at radius 1 is 0.614 bits per heavy atom. The predicted molar refractivity (Wildman–Crippen MR) is 186 cm³/mol. The van der Waals surface area contributed by atoms with E-state index in [1.54, 1.807) is 42.5 Å². The van der Waals surface area contributed by atoms with Gasteiger partial charge in [0.1, 0.15) is 0 Å². The molecule has 6 heteroatoms. The lowest BCUT2D eigenvalue weighted by molar-refractivity contribution is -0.123. The van der Waals surface area contributed by atoms with Crippen LogP contribution >= 0.6 is 0 Å². The van der Waals surface area contributed by atoms with E-state index >= 15 is 0 Å². The molecule has 0 fully saturated rings. The van der Waals surface area contributed by atoms with Crippen LogP contribution in [0.25, 0.3) is 0 Å². The molecule has 0 aliphatic rings. The Bertz CT molecular complexity index is 788. The minimum Gasteiger partial charge on any atom is -0.394 e. The number of hydrogen-bond donors (Lipinski definition) is 5. The van der Waals surface area contributed by atoms with Crippen LogP contribution < -0.4 is 5.32 Å². The van der Waals surface area contributed by atoms with Crippen LogP contribution in [0.15, 0.2) is 60.8 Å². The van der Waals surface area contributed by atoms with Crippen molar-refractivity contribution < 1.29 is 25.2 Å². The van der Waals surface area contributed by atoms with E-state index in [0.29, 0.717) is 19.3 Å². The summed E-state index contributed by atoms with van der Waals surface area (Å²) in [5.74, 6) is -0.252. The first-order valence-corrected chi connectivity index (χ1v) is 17.7. The highest BCUT2D eigenvalue weighted by Crippen LogP contribution is 2.12. The topological polar surface area (TPSA) is 110 Å². The highest BCUT2D eigenvalue weighted by Gasteiger charge is 2.18. The minimum atomic E-state index is -0.931. The predicted octanol–water partition coefficient (Wildman–Crippen LogP) is 8.17. The van der Waals surface area contributed by atoms with Crippen LogP contribution in [0.2, 0.25) is 0 Å². The lowest BCUT2D eigenvalue weighted by Crippen LogP contribution is -2.45. The molecule has 0 radical (unpaired) electrons. The summed E-state index contributed by atoms with van der Waals surface area (Å²) in [5.41, 5.74) is 0. The van der Waals surface area contributed by atoms with Crippen molar-refractivity contribution >= 4 is 5.91 Å². The number of hydrogen-bond acceptors (Lipinski definition) is 5. The van der Waals surface area contributed by atoms with Crippen LogP contribution in [0, 0.1) is 0 Å². The van der Waals surface area contributed by atoms with Crippen LogP contribution in [0.1, 0.15) is 142 Å². The average molecular weight is 618 g/mol. The molecular weight excluding hydrogens is 550 g/mol. The second-order valence-corrected chi connectivity index (χ2v) is 12.0. The van der Waals surface area contributed by atoms with Gasteiger partial charge in [0.15, 0.2) is 0 Å². The van der Waals surface area contributed by atoms with E-state index in [2.05, 4.69) is 25.2 Å². The Hall–Kier alpha value is -1.99. The first-order chi connectivity index (χ1) is 21.4. The SMILES string of the molecule is CCCCC/C=C\C[C@H](O)/C=C/C=C/C=C\[C@H](O)CCCC(=O)N[C@@H](CO)[C@H](O)/C=C/CCCCCCCCCCCCC. The molecule has 1 amide bonds. The van der Waals surface area contributed by atoms with E-state index in [4.69, 9.17) is 0 Å². The summed E-state index contributed by atoms with van der Waals surface area (Å²) in [7, 11) is 0. The molecule has 0 aliphatic heterocycles. The Morgan fingerprint density at radius 2 is 1.14 bits per heavy atom. The Balaban J connectivity index is 4.00. The third-order valence-corrected chi connectivity index (χ3v) is 7.69. The third kappa shape index (κ3) is 28.8. The van der Waals surface area contributed by atoms with Crippen LogP contribution in [0.3, 0.4) is 0 Å². The molecule has 0 unspecified atom stereocenters. The second kappa shape index (κ2) is 32.4. The van der Waals surface area contributed by atoms with E-state index in [-0.39, 0.29) is 18.9 Å². The smallest absolute Gasteiger partial charge is 0.220 e. The van der Waals surface area contributed by atoms with Gasteiger partial charge in [-0.15, -0.1) is 0 Å². The summed E-state index contributed by atoms with van der Waals surface area (Å²) in [6.07, 6.45) is 37.8. The standard InChI is InChI=1S/C38H67NO5/c1-3-5-7-9-11-12-13-14-15-16-17-19-25-31-37(43)36(33-40)39-38(44)32-26-30-35(42)29-24-21-20-23-28-34(41)27-22-18-10-8-6-4-2/h18,20-25,28-29,31,34-37,40-43H,3-17,19,26-27,30,32-33H2,1-2H3,(H,39,44)/b21-20+,22-18-,28-23+,29-24-,31-25+/t34-,35-,36-,37+/m0/s1. The van der Waals surface area contributed by atoms with Crippen molar-refractivity contribution in [3.8, 4) is 0 Å². The molecule has 254 valence electrons. The number of aliphatic hydroxyl groups excluding tert-OH is 4. The molecule has 0 aromatic rings. The summed E-state index contributed by atoms with van der Waals surface area (Å²) in [5, 5.41) is 42.8. The van der Waals surface area contributed by atoms with E-state index in [1.807, 2.05) is 12.2 Å². The fourth-order valence-corrected chi connectivity index (χ4v) is 4.84. The zero-order valence-electron chi connectivity index (χ0n) is 28.1. The number of amides is 1. The van der Waals surface area contributed by atoms with Gasteiger partial charge in [0.05, 0.1) is 31.0 Å². The largest absolute Gasteiger partial charge is 0.394 e. The molecule has 4 atom stereocenters. The minimum absolute atomic E-state index is 0.208. The van der Waals surface area contributed by atoms with Gasteiger partial charge < -0.3 is 25.7 Å². The van der Waals surface area contributed by atoms with Gasteiger partial charge in [0, 0.05) is 6.42 Å². The molecular formula is C38H67NO5.